The zero-order valence-corrected chi connectivity index (χ0v) is 9.69. The molecule has 0 atom stereocenters. The van der Waals surface area contributed by atoms with Crippen molar-refractivity contribution in [2.75, 3.05) is 0 Å². The average molecular weight is 231 g/mol. The van der Waals surface area contributed by atoms with Gasteiger partial charge >= 0.3 is 0 Å². The van der Waals surface area contributed by atoms with E-state index in [0.717, 1.165) is 12.0 Å². The lowest BCUT2D eigenvalue weighted by atomic mass is 10.1. The SMILES string of the molecule is CCc1cccnc1-c1nc(O)c(C)c(=O)[nH]1. The van der Waals surface area contributed by atoms with Gasteiger partial charge in [-0.15, -0.1) is 0 Å². The summed E-state index contributed by atoms with van der Waals surface area (Å²) in [7, 11) is 0. The Bertz CT molecular complexity index is 605. The highest BCUT2D eigenvalue weighted by molar-refractivity contribution is 5.55. The summed E-state index contributed by atoms with van der Waals surface area (Å²) in [6.07, 6.45) is 2.41. The van der Waals surface area contributed by atoms with Gasteiger partial charge < -0.3 is 10.1 Å². The van der Waals surface area contributed by atoms with Crippen LogP contribution >= 0.6 is 0 Å². The van der Waals surface area contributed by atoms with Gasteiger partial charge in [0.2, 0.25) is 5.88 Å². The minimum atomic E-state index is -0.347. The third-order valence-corrected chi connectivity index (χ3v) is 2.62. The Balaban J connectivity index is 2.65. The van der Waals surface area contributed by atoms with Gasteiger partial charge in [-0.05, 0) is 25.0 Å². The summed E-state index contributed by atoms with van der Waals surface area (Å²) < 4.78 is 0. The molecule has 0 radical (unpaired) electrons. The van der Waals surface area contributed by atoms with Crippen molar-refractivity contribution < 1.29 is 5.11 Å². The Kier molecular flexibility index (Phi) is 2.91. The molecule has 17 heavy (non-hydrogen) atoms. The second-order valence-corrected chi connectivity index (χ2v) is 3.73. The zero-order valence-electron chi connectivity index (χ0n) is 9.69. The van der Waals surface area contributed by atoms with Crippen LogP contribution in [0.2, 0.25) is 0 Å². The molecule has 0 aliphatic heterocycles. The van der Waals surface area contributed by atoms with Gasteiger partial charge in [0.15, 0.2) is 5.82 Å². The number of nitrogens with zero attached hydrogens (tertiary/aromatic N) is 2. The van der Waals surface area contributed by atoms with Gasteiger partial charge in [0.05, 0.1) is 5.56 Å². The molecule has 88 valence electrons. The monoisotopic (exact) mass is 231 g/mol. The lowest BCUT2D eigenvalue weighted by Crippen LogP contribution is -2.13. The average Bonchev–Trinajstić information content (AvgIpc) is 2.35. The van der Waals surface area contributed by atoms with Crippen molar-refractivity contribution >= 4 is 0 Å². The van der Waals surface area contributed by atoms with Gasteiger partial charge in [0, 0.05) is 6.20 Å². The Hall–Kier alpha value is -2.17. The standard InChI is InChI=1S/C12H13N3O2/c1-3-8-5-4-6-13-9(8)10-14-11(16)7(2)12(17)15-10/h4-6H,3H2,1-2H3,(H2,14,15,16,17). The van der Waals surface area contributed by atoms with Crippen molar-refractivity contribution in [3.63, 3.8) is 0 Å². The summed E-state index contributed by atoms with van der Waals surface area (Å²) in [5.74, 6) is 0.0482. The number of rotatable bonds is 2. The normalized spacial score (nSPS) is 10.5. The predicted octanol–water partition coefficient (Wildman–Crippen LogP) is 1.41. The molecule has 2 rings (SSSR count). The molecule has 0 saturated carbocycles. The largest absolute Gasteiger partial charge is 0.493 e. The van der Waals surface area contributed by atoms with Gasteiger partial charge in [-0.2, -0.15) is 4.98 Å². The van der Waals surface area contributed by atoms with Gasteiger partial charge in [0.1, 0.15) is 5.69 Å². The number of pyridine rings is 1. The highest BCUT2D eigenvalue weighted by Crippen LogP contribution is 2.19. The predicted molar refractivity (Wildman–Crippen MR) is 63.9 cm³/mol. The van der Waals surface area contributed by atoms with Crippen LogP contribution in [0.5, 0.6) is 5.88 Å². The Morgan fingerprint density at radius 2 is 2.24 bits per heavy atom. The summed E-state index contributed by atoms with van der Waals surface area (Å²) in [5, 5.41) is 9.55. The second-order valence-electron chi connectivity index (χ2n) is 3.73. The van der Waals surface area contributed by atoms with E-state index in [2.05, 4.69) is 15.0 Å². The first-order chi connectivity index (χ1) is 8.13. The molecule has 2 N–H and O–H groups in total. The van der Waals surface area contributed by atoms with Crippen molar-refractivity contribution in [1.29, 1.82) is 0 Å². The third kappa shape index (κ3) is 2.04. The van der Waals surface area contributed by atoms with Crippen LogP contribution in [0.15, 0.2) is 23.1 Å². The van der Waals surface area contributed by atoms with Crippen LogP contribution < -0.4 is 5.56 Å². The molecule has 0 aliphatic carbocycles. The molecule has 2 heterocycles. The smallest absolute Gasteiger partial charge is 0.257 e. The van der Waals surface area contributed by atoms with Crippen LogP contribution in [0.25, 0.3) is 11.5 Å². The molecule has 0 bridgehead atoms. The summed E-state index contributed by atoms with van der Waals surface area (Å²) in [4.78, 5) is 22.3. The third-order valence-electron chi connectivity index (χ3n) is 2.62. The Morgan fingerprint density at radius 1 is 1.47 bits per heavy atom. The summed E-state index contributed by atoms with van der Waals surface area (Å²) >= 11 is 0. The number of nitrogens with one attached hydrogen (secondary N) is 1. The van der Waals surface area contributed by atoms with Gasteiger partial charge in [0.25, 0.3) is 5.56 Å². The summed E-state index contributed by atoms with van der Waals surface area (Å²) in [6, 6.07) is 3.74. The first-order valence-corrected chi connectivity index (χ1v) is 5.37. The molecule has 2 aromatic rings. The Labute approximate surface area is 98.2 Å². The van der Waals surface area contributed by atoms with Gasteiger partial charge in [-0.1, -0.05) is 13.0 Å². The molecule has 0 unspecified atom stereocenters. The number of H-pyrrole nitrogens is 1. The fraction of sp³-hybridized carbons (Fsp3) is 0.250. The van der Waals surface area contributed by atoms with Crippen LogP contribution in [-0.2, 0) is 6.42 Å². The molecule has 0 aliphatic rings. The van der Waals surface area contributed by atoms with Crippen LogP contribution in [0.4, 0.5) is 0 Å². The second kappa shape index (κ2) is 4.37. The van der Waals surface area contributed by atoms with E-state index < -0.39 is 0 Å². The summed E-state index contributed by atoms with van der Waals surface area (Å²) in [6.45, 7) is 3.51. The fourth-order valence-electron chi connectivity index (χ4n) is 1.57. The van der Waals surface area contributed by atoms with E-state index >= 15 is 0 Å². The number of aromatic amines is 1. The summed E-state index contributed by atoms with van der Waals surface area (Å²) in [5.41, 5.74) is 1.43. The molecule has 0 aromatic carbocycles. The van der Waals surface area contributed by atoms with Crippen molar-refractivity contribution in [3.05, 3.63) is 39.8 Å². The number of aromatic hydroxyl groups is 1. The lowest BCUT2D eigenvalue weighted by Gasteiger charge is -2.06. The van der Waals surface area contributed by atoms with Crippen LogP contribution in [0, 0.1) is 6.92 Å². The minimum Gasteiger partial charge on any atom is -0.493 e. The van der Waals surface area contributed by atoms with E-state index in [4.69, 9.17) is 0 Å². The van der Waals surface area contributed by atoms with Crippen molar-refractivity contribution in [1.82, 2.24) is 15.0 Å². The molecule has 0 fully saturated rings. The number of aromatic nitrogens is 3. The van der Waals surface area contributed by atoms with Crippen LogP contribution in [-0.4, -0.2) is 20.1 Å². The number of hydrogen-bond acceptors (Lipinski definition) is 4. The van der Waals surface area contributed by atoms with Gasteiger partial charge in [-0.25, -0.2) is 0 Å². The maximum Gasteiger partial charge on any atom is 0.257 e. The molecular formula is C12H13N3O2. The number of aryl methyl sites for hydroxylation is 1. The van der Waals surface area contributed by atoms with Gasteiger partial charge in [-0.3, -0.25) is 9.78 Å². The molecular weight excluding hydrogens is 218 g/mol. The van der Waals surface area contributed by atoms with Crippen molar-refractivity contribution in [3.8, 4) is 17.4 Å². The minimum absolute atomic E-state index is 0.211. The van der Waals surface area contributed by atoms with E-state index in [9.17, 15) is 9.90 Å². The highest BCUT2D eigenvalue weighted by Gasteiger charge is 2.11. The maximum absolute atomic E-state index is 11.6. The molecule has 5 nitrogen and oxygen atoms in total. The van der Waals surface area contributed by atoms with E-state index in [-0.39, 0.29) is 17.0 Å². The first-order valence-electron chi connectivity index (χ1n) is 5.37. The molecule has 5 heteroatoms. The fourth-order valence-corrected chi connectivity index (χ4v) is 1.57. The van der Waals surface area contributed by atoms with E-state index in [1.54, 1.807) is 6.20 Å². The number of hydrogen-bond donors (Lipinski definition) is 2. The van der Waals surface area contributed by atoms with E-state index in [0.29, 0.717) is 11.5 Å². The van der Waals surface area contributed by atoms with E-state index in [1.807, 2.05) is 19.1 Å². The van der Waals surface area contributed by atoms with Crippen LogP contribution in [0.1, 0.15) is 18.1 Å². The van der Waals surface area contributed by atoms with Crippen molar-refractivity contribution in [2.24, 2.45) is 0 Å². The van der Waals surface area contributed by atoms with E-state index in [1.165, 1.54) is 6.92 Å². The van der Waals surface area contributed by atoms with Crippen molar-refractivity contribution in [2.45, 2.75) is 20.3 Å². The topological polar surface area (TPSA) is 78.9 Å². The zero-order chi connectivity index (χ0) is 12.4. The molecule has 2 aromatic heterocycles. The maximum atomic E-state index is 11.6. The molecule has 0 saturated heterocycles. The first kappa shape index (κ1) is 11.3. The van der Waals surface area contributed by atoms with Crippen LogP contribution in [0.3, 0.4) is 0 Å². The molecule has 0 amide bonds. The Morgan fingerprint density at radius 3 is 2.88 bits per heavy atom. The molecule has 0 spiro atoms. The quantitative estimate of drug-likeness (QED) is 0.819. The lowest BCUT2D eigenvalue weighted by molar-refractivity contribution is 0.447. The highest BCUT2D eigenvalue weighted by atomic mass is 16.3.